The molecular formula is C21H28N4O3S. The predicted molar refractivity (Wildman–Crippen MR) is 111 cm³/mol. The fourth-order valence-electron chi connectivity index (χ4n) is 4.91. The highest BCUT2D eigenvalue weighted by molar-refractivity contribution is 7.13. The van der Waals surface area contributed by atoms with Gasteiger partial charge in [0, 0.05) is 25.0 Å². The van der Waals surface area contributed by atoms with Gasteiger partial charge in [0.15, 0.2) is 5.13 Å². The molecule has 3 amide bonds. The molecule has 2 saturated heterocycles. The molecule has 156 valence electrons. The molecule has 8 heteroatoms. The van der Waals surface area contributed by atoms with Crippen LogP contribution in [0, 0.1) is 23.7 Å². The quantitative estimate of drug-likeness (QED) is 0.589. The van der Waals surface area contributed by atoms with Crippen molar-refractivity contribution in [3.05, 3.63) is 23.2 Å². The lowest BCUT2D eigenvalue weighted by Crippen LogP contribution is -2.38. The van der Waals surface area contributed by atoms with Gasteiger partial charge in [-0.2, -0.15) is 0 Å². The van der Waals surface area contributed by atoms with Crippen LogP contribution < -0.4 is 5.32 Å². The largest absolute Gasteiger partial charge is 0.300 e. The summed E-state index contributed by atoms with van der Waals surface area (Å²) in [6, 6.07) is 0. The number of fused-ring (bicyclic) bond motifs is 1. The molecule has 1 N–H and O–H groups in total. The number of hydrogen-bond donors (Lipinski definition) is 1. The Balaban J connectivity index is 1.31. The monoisotopic (exact) mass is 416 g/mol. The van der Waals surface area contributed by atoms with Gasteiger partial charge in [-0.3, -0.25) is 24.2 Å². The lowest BCUT2D eigenvalue weighted by molar-refractivity contribution is -0.142. The summed E-state index contributed by atoms with van der Waals surface area (Å²) in [4.78, 5) is 45.5. The van der Waals surface area contributed by atoms with Gasteiger partial charge in [-0.1, -0.05) is 26.0 Å². The summed E-state index contributed by atoms with van der Waals surface area (Å²) in [5.74, 6) is -0.0705. The van der Waals surface area contributed by atoms with Gasteiger partial charge >= 0.3 is 0 Å². The van der Waals surface area contributed by atoms with Crippen molar-refractivity contribution in [3.8, 4) is 0 Å². The average Bonchev–Trinajstić information content (AvgIpc) is 3.19. The molecule has 0 aromatic carbocycles. The van der Waals surface area contributed by atoms with Gasteiger partial charge in [0.1, 0.15) is 6.54 Å². The van der Waals surface area contributed by atoms with Crippen LogP contribution in [0.4, 0.5) is 5.13 Å². The van der Waals surface area contributed by atoms with Gasteiger partial charge in [-0.05, 0) is 31.1 Å². The Morgan fingerprint density at radius 2 is 1.76 bits per heavy atom. The third-order valence-corrected chi connectivity index (χ3v) is 6.84. The highest BCUT2D eigenvalue weighted by Gasteiger charge is 2.47. The average molecular weight is 417 g/mol. The van der Waals surface area contributed by atoms with Crippen molar-refractivity contribution in [1.82, 2.24) is 14.8 Å². The van der Waals surface area contributed by atoms with E-state index in [1.807, 2.05) is 17.5 Å². The van der Waals surface area contributed by atoms with Crippen molar-refractivity contribution >= 4 is 34.2 Å². The number of carbonyl (C=O) groups is 3. The van der Waals surface area contributed by atoms with Crippen LogP contribution in [0.25, 0.3) is 0 Å². The van der Waals surface area contributed by atoms with Crippen molar-refractivity contribution in [2.45, 2.75) is 39.7 Å². The minimum Gasteiger partial charge on any atom is -0.300 e. The lowest BCUT2D eigenvalue weighted by atomic mass is 9.85. The fraction of sp³-hybridized carbons (Fsp3) is 0.619. The maximum atomic E-state index is 12.5. The van der Waals surface area contributed by atoms with Crippen molar-refractivity contribution in [2.24, 2.45) is 23.7 Å². The number of likely N-dealkylation sites (tertiary alicyclic amines) is 2. The molecule has 0 radical (unpaired) electrons. The van der Waals surface area contributed by atoms with Crippen LogP contribution in [0.5, 0.6) is 0 Å². The number of nitrogens with zero attached hydrogens (tertiary/aromatic N) is 3. The van der Waals surface area contributed by atoms with Gasteiger partial charge in [-0.25, -0.2) is 4.98 Å². The summed E-state index contributed by atoms with van der Waals surface area (Å²) in [7, 11) is 0. The minimum atomic E-state index is -0.376. The molecule has 1 aromatic rings. The number of thiazole rings is 1. The summed E-state index contributed by atoms with van der Waals surface area (Å²) >= 11 is 1.38. The van der Waals surface area contributed by atoms with E-state index in [0.717, 1.165) is 30.2 Å². The predicted octanol–water partition coefficient (Wildman–Crippen LogP) is 2.51. The van der Waals surface area contributed by atoms with E-state index in [1.165, 1.54) is 17.8 Å². The molecule has 3 aliphatic rings. The van der Waals surface area contributed by atoms with E-state index in [1.54, 1.807) is 0 Å². The van der Waals surface area contributed by atoms with Crippen LogP contribution in [-0.2, 0) is 20.9 Å². The molecule has 4 rings (SSSR count). The van der Waals surface area contributed by atoms with Crippen molar-refractivity contribution in [1.29, 1.82) is 0 Å². The van der Waals surface area contributed by atoms with E-state index in [0.29, 0.717) is 29.8 Å². The van der Waals surface area contributed by atoms with Gasteiger partial charge in [0.2, 0.25) is 17.7 Å². The summed E-state index contributed by atoms with van der Waals surface area (Å²) in [5.41, 5.74) is 0.942. The van der Waals surface area contributed by atoms with Crippen LogP contribution in [0.2, 0.25) is 0 Å². The van der Waals surface area contributed by atoms with Gasteiger partial charge in [-0.15, -0.1) is 11.3 Å². The number of anilines is 1. The standard InChI is InChI=1S/C21H28N4O3S/c1-13-7-14(2)9-24(8-13)10-15-12-29-21(22-15)23-18(26)11-25-19(27)16-5-3-4-6-17(16)20(25)28/h3-4,12-14,16-17H,5-11H2,1-2H3,(H,22,23,26). The normalized spacial score (nSPS) is 29.9. The number of amides is 3. The highest BCUT2D eigenvalue weighted by Crippen LogP contribution is 2.35. The molecule has 4 atom stereocenters. The summed E-state index contributed by atoms with van der Waals surface area (Å²) < 4.78 is 0. The molecule has 29 heavy (non-hydrogen) atoms. The Bertz CT molecular complexity index is 800. The van der Waals surface area contributed by atoms with Crippen molar-refractivity contribution < 1.29 is 14.4 Å². The molecular weight excluding hydrogens is 388 g/mol. The van der Waals surface area contributed by atoms with Crippen LogP contribution in [-0.4, -0.2) is 52.1 Å². The molecule has 2 fully saturated rings. The molecule has 3 heterocycles. The second-order valence-corrected chi connectivity index (χ2v) is 9.61. The Kier molecular flexibility index (Phi) is 5.83. The topological polar surface area (TPSA) is 82.6 Å². The zero-order valence-corrected chi connectivity index (χ0v) is 17.8. The SMILES string of the molecule is CC1CC(C)CN(Cc2csc(NC(=O)CN3C(=O)C4CC=CCC4C3=O)n2)C1. The zero-order valence-electron chi connectivity index (χ0n) is 17.0. The highest BCUT2D eigenvalue weighted by atomic mass is 32.1. The first-order valence-corrected chi connectivity index (χ1v) is 11.3. The molecule has 4 unspecified atom stereocenters. The maximum absolute atomic E-state index is 12.5. The number of hydrogen-bond acceptors (Lipinski definition) is 6. The minimum absolute atomic E-state index is 0.229. The molecule has 0 saturated carbocycles. The van der Waals surface area contributed by atoms with Gasteiger partial charge < -0.3 is 5.32 Å². The number of aromatic nitrogens is 1. The third-order valence-electron chi connectivity index (χ3n) is 6.03. The second-order valence-electron chi connectivity index (χ2n) is 8.75. The van der Waals surface area contributed by atoms with E-state index in [9.17, 15) is 14.4 Å². The number of nitrogens with one attached hydrogen (secondary N) is 1. The van der Waals surface area contributed by atoms with Gasteiger partial charge in [0.05, 0.1) is 17.5 Å². The number of rotatable bonds is 5. The summed E-state index contributed by atoms with van der Waals surface area (Å²) in [6.45, 7) is 7.24. The Hall–Kier alpha value is -2.06. The lowest BCUT2D eigenvalue weighted by Gasteiger charge is -2.34. The molecule has 2 aliphatic heterocycles. The first-order valence-electron chi connectivity index (χ1n) is 10.4. The molecule has 7 nitrogen and oxygen atoms in total. The zero-order chi connectivity index (χ0) is 20.5. The summed E-state index contributed by atoms with van der Waals surface area (Å²) in [5, 5.41) is 5.23. The molecule has 0 bridgehead atoms. The van der Waals surface area contributed by atoms with Crippen LogP contribution in [0.15, 0.2) is 17.5 Å². The van der Waals surface area contributed by atoms with Crippen LogP contribution in [0.3, 0.4) is 0 Å². The fourth-order valence-corrected chi connectivity index (χ4v) is 5.63. The van der Waals surface area contributed by atoms with Crippen molar-refractivity contribution in [3.63, 3.8) is 0 Å². The van der Waals surface area contributed by atoms with E-state index in [-0.39, 0.29) is 36.1 Å². The van der Waals surface area contributed by atoms with Crippen LogP contribution in [0.1, 0.15) is 38.8 Å². The van der Waals surface area contributed by atoms with E-state index in [2.05, 4.69) is 29.0 Å². The van der Waals surface area contributed by atoms with Crippen molar-refractivity contribution in [2.75, 3.05) is 25.0 Å². The number of piperidine rings is 1. The number of allylic oxidation sites excluding steroid dienone is 2. The number of carbonyl (C=O) groups excluding carboxylic acids is 3. The molecule has 1 aliphatic carbocycles. The Morgan fingerprint density at radius 1 is 1.14 bits per heavy atom. The van der Waals surface area contributed by atoms with E-state index < -0.39 is 0 Å². The van der Waals surface area contributed by atoms with E-state index in [4.69, 9.17) is 0 Å². The van der Waals surface area contributed by atoms with Gasteiger partial charge in [0.25, 0.3) is 0 Å². The molecule has 0 spiro atoms. The van der Waals surface area contributed by atoms with E-state index >= 15 is 0 Å². The maximum Gasteiger partial charge on any atom is 0.246 e. The Labute approximate surface area is 175 Å². The smallest absolute Gasteiger partial charge is 0.246 e. The van der Waals surface area contributed by atoms with Crippen LogP contribution >= 0.6 is 11.3 Å². The first kappa shape index (κ1) is 20.2. The second kappa shape index (κ2) is 8.36. The molecule has 1 aromatic heterocycles. The number of imide groups is 1. The summed E-state index contributed by atoms with van der Waals surface area (Å²) in [6.07, 6.45) is 6.31. The Morgan fingerprint density at radius 3 is 2.38 bits per heavy atom. The third kappa shape index (κ3) is 4.43. The first-order chi connectivity index (χ1) is 13.9.